The minimum Gasteiger partial charge on any atom is -0.314 e. The van der Waals surface area contributed by atoms with Gasteiger partial charge in [-0.15, -0.1) is 0 Å². The van der Waals surface area contributed by atoms with Gasteiger partial charge in [0.05, 0.1) is 0 Å². The van der Waals surface area contributed by atoms with Crippen LogP contribution in [-0.2, 0) is 0 Å². The van der Waals surface area contributed by atoms with Crippen LogP contribution in [0.2, 0.25) is 0 Å². The summed E-state index contributed by atoms with van der Waals surface area (Å²) in [4.78, 5) is 2.66. The van der Waals surface area contributed by atoms with Crippen LogP contribution in [0.5, 0.6) is 0 Å². The van der Waals surface area contributed by atoms with Gasteiger partial charge < -0.3 is 10.2 Å². The second-order valence-corrected chi connectivity index (χ2v) is 8.50. The minimum absolute atomic E-state index is 0.344. The van der Waals surface area contributed by atoms with Gasteiger partial charge in [0, 0.05) is 36.2 Å². The molecular weight excluding hydrogens is 240 g/mol. The Balaban J connectivity index is 2.47. The molecule has 1 fully saturated rings. The summed E-state index contributed by atoms with van der Waals surface area (Å²) in [6, 6.07) is 0.581. The topological polar surface area (TPSA) is 15.3 Å². The van der Waals surface area contributed by atoms with Crippen molar-refractivity contribution in [1.29, 1.82) is 0 Å². The van der Waals surface area contributed by atoms with Crippen LogP contribution in [0.25, 0.3) is 0 Å². The van der Waals surface area contributed by atoms with Crippen LogP contribution in [0.1, 0.15) is 48.0 Å². The molecule has 0 aromatic rings. The van der Waals surface area contributed by atoms with Crippen molar-refractivity contribution in [2.45, 2.75) is 64.5 Å². The Labute approximate surface area is 118 Å². The zero-order chi connectivity index (χ0) is 13.8. The van der Waals surface area contributed by atoms with Gasteiger partial charge >= 0.3 is 0 Å². The monoisotopic (exact) mass is 272 g/mol. The number of hydrogen-bond donors (Lipinski definition) is 1. The van der Waals surface area contributed by atoms with Crippen LogP contribution in [-0.4, -0.2) is 47.6 Å². The summed E-state index contributed by atoms with van der Waals surface area (Å²) >= 11 is 2.14. The van der Waals surface area contributed by atoms with Gasteiger partial charge in [-0.1, -0.05) is 34.6 Å². The molecule has 0 aliphatic carbocycles. The van der Waals surface area contributed by atoms with Crippen LogP contribution in [0, 0.1) is 5.41 Å². The molecule has 1 N–H and O–H groups in total. The highest BCUT2D eigenvalue weighted by Gasteiger charge is 2.31. The highest BCUT2D eigenvalue weighted by atomic mass is 32.2. The fourth-order valence-electron chi connectivity index (χ4n) is 2.76. The van der Waals surface area contributed by atoms with Crippen molar-refractivity contribution in [2.75, 3.05) is 26.2 Å². The van der Waals surface area contributed by atoms with Crippen molar-refractivity contribution in [3.8, 4) is 0 Å². The van der Waals surface area contributed by atoms with Gasteiger partial charge in [-0.05, 0) is 25.3 Å². The predicted octanol–water partition coefficient (Wildman–Crippen LogP) is 3.23. The summed E-state index contributed by atoms with van der Waals surface area (Å²) in [5.74, 6) is 0. The molecule has 2 nitrogen and oxygen atoms in total. The van der Waals surface area contributed by atoms with Crippen LogP contribution in [0.4, 0.5) is 0 Å². The third kappa shape index (κ3) is 5.10. The predicted molar refractivity (Wildman–Crippen MR) is 84.5 cm³/mol. The van der Waals surface area contributed by atoms with E-state index in [1.54, 1.807) is 0 Å². The molecule has 1 saturated heterocycles. The molecule has 0 bridgehead atoms. The Morgan fingerprint density at radius 2 is 1.83 bits per heavy atom. The maximum absolute atomic E-state index is 3.65. The number of rotatable bonds is 6. The first kappa shape index (κ1) is 16.3. The molecule has 0 aromatic heterocycles. The van der Waals surface area contributed by atoms with Gasteiger partial charge in [-0.25, -0.2) is 0 Å². The van der Waals surface area contributed by atoms with E-state index in [1.165, 1.54) is 26.1 Å². The Morgan fingerprint density at radius 3 is 2.33 bits per heavy atom. The van der Waals surface area contributed by atoms with E-state index < -0.39 is 0 Å². The SMILES string of the molecule is CCCNC(C)C(C)(C)CN1CC(C)SC(C)C1. The largest absolute Gasteiger partial charge is 0.314 e. The molecular formula is C15H32N2S. The van der Waals surface area contributed by atoms with E-state index in [-0.39, 0.29) is 0 Å². The third-order valence-electron chi connectivity index (χ3n) is 4.00. The standard InChI is InChI=1S/C15H32N2S/c1-7-8-16-14(4)15(5,6)11-17-9-12(2)18-13(3)10-17/h12-14,16H,7-11H2,1-6H3. The molecule has 3 atom stereocenters. The zero-order valence-electron chi connectivity index (χ0n) is 13.1. The molecule has 0 spiro atoms. The van der Waals surface area contributed by atoms with Gasteiger partial charge in [-0.2, -0.15) is 11.8 Å². The van der Waals surface area contributed by atoms with Crippen LogP contribution in [0.3, 0.4) is 0 Å². The Morgan fingerprint density at radius 1 is 1.28 bits per heavy atom. The first-order valence-corrected chi connectivity index (χ1v) is 8.40. The summed E-state index contributed by atoms with van der Waals surface area (Å²) in [6.45, 7) is 18.9. The van der Waals surface area contributed by atoms with E-state index >= 15 is 0 Å². The summed E-state index contributed by atoms with van der Waals surface area (Å²) in [5.41, 5.74) is 0.344. The van der Waals surface area contributed by atoms with Crippen LogP contribution in [0.15, 0.2) is 0 Å². The lowest BCUT2D eigenvalue weighted by molar-refractivity contribution is 0.141. The summed E-state index contributed by atoms with van der Waals surface area (Å²) in [6.07, 6.45) is 1.22. The van der Waals surface area contributed by atoms with E-state index in [0.29, 0.717) is 11.5 Å². The van der Waals surface area contributed by atoms with Gasteiger partial charge in [0.25, 0.3) is 0 Å². The van der Waals surface area contributed by atoms with Crippen molar-refractivity contribution in [3.63, 3.8) is 0 Å². The molecule has 0 radical (unpaired) electrons. The molecule has 1 aliphatic rings. The molecule has 108 valence electrons. The molecule has 0 saturated carbocycles. The summed E-state index contributed by atoms with van der Waals surface area (Å²) in [7, 11) is 0. The minimum atomic E-state index is 0.344. The number of hydrogen-bond acceptors (Lipinski definition) is 3. The summed E-state index contributed by atoms with van der Waals surface area (Å²) < 4.78 is 0. The van der Waals surface area contributed by atoms with Crippen molar-refractivity contribution < 1.29 is 0 Å². The average molecular weight is 273 g/mol. The first-order chi connectivity index (χ1) is 8.35. The van der Waals surface area contributed by atoms with Crippen molar-refractivity contribution in [1.82, 2.24) is 10.2 Å². The van der Waals surface area contributed by atoms with Crippen LogP contribution >= 0.6 is 11.8 Å². The molecule has 3 unspecified atom stereocenters. The third-order valence-corrected chi connectivity index (χ3v) is 5.23. The van der Waals surface area contributed by atoms with Gasteiger partial charge in [0.1, 0.15) is 0 Å². The zero-order valence-corrected chi connectivity index (χ0v) is 13.9. The van der Waals surface area contributed by atoms with Crippen molar-refractivity contribution >= 4 is 11.8 Å². The van der Waals surface area contributed by atoms with Gasteiger partial charge in [0.2, 0.25) is 0 Å². The quantitative estimate of drug-likeness (QED) is 0.799. The summed E-state index contributed by atoms with van der Waals surface area (Å²) in [5, 5.41) is 5.21. The fraction of sp³-hybridized carbons (Fsp3) is 1.00. The molecule has 3 heteroatoms. The van der Waals surface area contributed by atoms with E-state index in [9.17, 15) is 0 Å². The second kappa shape index (κ2) is 7.16. The number of thioether (sulfide) groups is 1. The Hall–Kier alpha value is 0.270. The highest BCUT2D eigenvalue weighted by molar-refractivity contribution is 8.00. The molecule has 0 aromatic carbocycles. The average Bonchev–Trinajstić information content (AvgIpc) is 2.23. The smallest absolute Gasteiger partial charge is 0.0149 e. The molecule has 1 aliphatic heterocycles. The lowest BCUT2D eigenvalue weighted by Gasteiger charge is -2.42. The van der Waals surface area contributed by atoms with Gasteiger partial charge in [-0.3, -0.25) is 0 Å². The lowest BCUT2D eigenvalue weighted by Crippen LogP contribution is -2.50. The van der Waals surface area contributed by atoms with Crippen molar-refractivity contribution in [3.05, 3.63) is 0 Å². The van der Waals surface area contributed by atoms with E-state index in [0.717, 1.165) is 17.0 Å². The number of nitrogens with zero attached hydrogens (tertiary/aromatic N) is 1. The maximum Gasteiger partial charge on any atom is 0.0149 e. The Bertz CT molecular complexity index is 233. The number of nitrogens with one attached hydrogen (secondary N) is 1. The fourth-order valence-corrected chi connectivity index (χ4v) is 4.15. The maximum atomic E-state index is 3.65. The molecule has 18 heavy (non-hydrogen) atoms. The normalized spacial score (nSPS) is 28.3. The van der Waals surface area contributed by atoms with Gasteiger partial charge in [0.15, 0.2) is 0 Å². The molecule has 0 amide bonds. The first-order valence-electron chi connectivity index (χ1n) is 7.46. The van der Waals surface area contributed by atoms with E-state index in [1.807, 2.05) is 0 Å². The van der Waals surface area contributed by atoms with Crippen molar-refractivity contribution in [2.24, 2.45) is 5.41 Å². The molecule has 1 rings (SSSR count). The van der Waals surface area contributed by atoms with E-state index in [4.69, 9.17) is 0 Å². The van der Waals surface area contributed by atoms with Crippen LogP contribution < -0.4 is 5.32 Å². The highest BCUT2D eigenvalue weighted by Crippen LogP contribution is 2.29. The van der Waals surface area contributed by atoms with E-state index in [2.05, 4.69) is 63.5 Å². The Kier molecular flexibility index (Phi) is 6.49. The lowest BCUT2D eigenvalue weighted by atomic mass is 9.84. The molecule has 1 heterocycles. The second-order valence-electron chi connectivity index (χ2n) is 6.62.